The molecule has 0 aromatic carbocycles. The second kappa shape index (κ2) is 12.7. The van der Waals surface area contributed by atoms with E-state index in [1.807, 2.05) is 13.8 Å². The van der Waals surface area contributed by atoms with Crippen molar-refractivity contribution in [3.8, 4) is 0 Å². The minimum atomic E-state index is -0.317. The number of nitrogens with zero attached hydrogens (tertiary/aromatic N) is 1. The van der Waals surface area contributed by atoms with Crippen molar-refractivity contribution in [1.82, 2.24) is 15.8 Å². The molecule has 4 N–H and O–H groups in total. The summed E-state index contributed by atoms with van der Waals surface area (Å²) in [6.07, 6.45) is 1.32. The zero-order chi connectivity index (χ0) is 14.7. The van der Waals surface area contributed by atoms with Crippen LogP contribution in [0.25, 0.3) is 0 Å². The molecular weight excluding hydrogens is 284 g/mol. The van der Waals surface area contributed by atoms with Gasteiger partial charge in [-0.2, -0.15) is 0 Å². The lowest BCUT2D eigenvalue weighted by molar-refractivity contribution is -0.142. The summed E-state index contributed by atoms with van der Waals surface area (Å²) in [5.41, 5.74) is 7.76. The molecule has 0 fully saturated rings. The van der Waals surface area contributed by atoms with Crippen LogP contribution in [0, 0.1) is 0 Å². The fraction of sp³-hybridized carbons (Fsp3) is 0.750. The van der Waals surface area contributed by atoms with Crippen LogP contribution in [0.1, 0.15) is 39.5 Å². The van der Waals surface area contributed by atoms with E-state index in [2.05, 4.69) is 10.7 Å². The van der Waals surface area contributed by atoms with E-state index in [4.69, 9.17) is 5.73 Å². The molecule has 118 valence electrons. The van der Waals surface area contributed by atoms with Crippen molar-refractivity contribution in [2.24, 2.45) is 5.73 Å². The Hall–Kier alpha value is -1.34. The third-order valence-electron chi connectivity index (χ3n) is 2.33. The second-order valence-electron chi connectivity index (χ2n) is 4.07. The van der Waals surface area contributed by atoms with Gasteiger partial charge in [0.25, 0.3) is 0 Å². The lowest BCUT2D eigenvalue weighted by atomic mass is 10.3. The van der Waals surface area contributed by atoms with E-state index in [1.54, 1.807) is 0 Å². The van der Waals surface area contributed by atoms with Gasteiger partial charge in [-0.1, -0.05) is 6.92 Å². The first-order valence-corrected chi connectivity index (χ1v) is 6.61. The summed E-state index contributed by atoms with van der Waals surface area (Å²) in [7, 11) is 0. The molecule has 3 amide bonds. The fourth-order valence-electron chi connectivity index (χ4n) is 1.43. The third-order valence-corrected chi connectivity index (χ3v) is 2.33. The largest absolute Gasteiger partial charge is 0.356 e. The number of halogens is 1. The molecule has 0 unspecified atom stereocenters. The molecule has 0 saturated carbocycles. The molecule has 0 aromatic heterocycles. The fourth-order valence-corrected chi connectivity index (χ4v) is 1.43. The molecule has 0 bridgehead atoms. The van der Waals surface area contributed by atoms with Crippen molar-refractivity contribution in [1.29, 1.82) is 0 Å². The number of hydrogen-bond donors (Lipinski definition) is 3. The quantitative estimate of drug-likeness (QED) is 0.546. The van der Waals surface area contributed by atoms with Gasteiger partial charge >= 0.3 is 0 Å². The molecule has 8 heteroatoms. The monoisotopic (exact) mass is 308 g/mol. The first-order valence-electron chi connectivity index (χ1n) is 6.61. The summed E-state index contributed by atoms with van der Waals surface area (Å²) in [6, 6.07) is 0. The van der Waals surface area contributed by atoms with Crippen LogP contribution >= 0.6 is 12.4 Å². The van der Waals surface area contributed by atoms with Crippen LogP contribution < -0.4 is 16.5 Å². The number of carbonyl (C=O) groups excluding carboxylic acids is 3. The summed E-state index contributed by atoms with van der Waals surface area (Å²) >= 11 is 0. The molecule has 0 atom stereocenters. The first-order chi connectivity index (χ1) is 9.04. The first kappa shape index (κ1) is 21.0. The predicted molar refractivity (Wildman–Crippen MR) is 79.0 cm³/mol. The van der Waals surface area contributed by atoms with Gasteiger partial charge in [-0.25, -0.2) is 0 Å². The highest BCUT2D eigenvalue weighted by molar-refractivity contribution is 5.85. The molecule has 0 aliphatic carbocycles. The van der Waals surface area contributed by atoms with Gasteiger partial charge in [-0.3, -0.25) is 24.8 Å². The smallest absolute Gasteiger partial charge is 0.240 e. The molecule has 0 aromatic rings. The van der Waals surface area contributed by atoms with E-state index >= 15 is 0 Å². The highest BCUT2D eigenvalue weighted by Crippen LogP contribution is 1.97. The van der Waals surface area contributed by atoms with Crippen LogP contribution in [-0.2, 0) is 14.4 Å². The SMILES string of the molecule is CCCC(=O)N(CCC(=O)NCC)NC(=O)CCN.Cl. The van der Waals surface area contributed by atoms with Gasteiger partial charge in [-0.15, -0.1) is 12.4 Å². The predicted octanol–water partition coefficient (Wildman–Crippen LogP) is -0.0569. The maximum Gasteiger partial charge on any atom is 0.240 e. The minimum Gasteiger partial charge on any atom is -0.356 e. The van der Waals surface area contributed by atoms with Gasteiger partial charge in [0.1, 0.15) is 0 Å². The standard InChI is InChI=1S/C12H24N4O3.ClH/c1-3-5-12(19)16(15-11(18)6-8-13)9-7-10(17)14-4-2;/h3-9,13H2,1-2H3,(H,14,17)(H,15,18);1H. The van der Waals surface area contributed by atoms with Gasteiger partial charge in [0.05, 0.1) is 6.54 Å². The van der Waals surface area contributed by atoms with E-state index in [0.29, 0.717) is 19.4 Å². The van der Waals surface area contributed by atoms with Gasteiger partial charge in [0, 0.05) is 32.4 Å². The highest BCUT2D eigenvalue weighted by atomic mass is 35.5. The number of nitrogens with two attached hydrogens (primary N) is 1. The summed E-state index contributed by atoms with van der Waals surface area (Å²) in [5.74, 6) is -0.662. The Bertz CT molecular complexity index is 313. The van der Waals surface area contributed by atoms with Crippen LogP contribution in [0.5, 0.6) is 0 Å². The molecule has 0 aliphatic heterocycles. The van der Waals surface area contributed by atoms with Crippen LogP contribution in [0.4, 0.5) is 0 Å². The normalized spacial score (nSPS) is 9.35. The van der Waals surface area contributed by atoms with E-state index in [-0.39, 0.29) is 56.1 Å². The van der Waals surface area contributed by atoms with Gasteiger partial charge < -0.3 is 11.1 Å². The highest BCUT2D eigenvalue weighted by Gasteiger charge is 2.16. The second-order valence-corrected chi connectivity index (χ2v) is 4.07. The Morgan fingerprint density at radius 2 is 1.70 bits per heavy atom. The van der Waals surface area contributed by atoms with Crippen molar-refractivity contribution in [3.63, 3.8) is 0 Å². The van der Waals surface area contributed by atoms with Crippen molar-refractivity contribution in [3.05, 3.63) is 0 Å². The van der Waals surface area contributed by atoms with Crippen LogP contribution in [-0.4, -0.2) is 42.4 Å². The number of hydrazine groups is 1. The average molecular weight is 309 g/mol. The van der Waals surface area contributed by atoms with Crippen LogP contribution in [0.3, 0.4) is 0 Å². The van der Waals surface area contributed by atoms with Crippen molar-refractivity contribution in [2.45, 2.75) is 39.5 Å². The molecule has 7 nitrogen and oxygen atoms in total. The van der Waals surface area contributed by atoms with E-state index in [1.165, 1.54) is 5.01 Å². The third kappa shape index (κ3) is 9.57. The average Bonchev–Trinajstić information content (AvgIpc) is 2.35. The molecule has 0 radical (unpaired) electrons. The Kier molecular flexibility index (Phi) is 13.3. The number of carbonyl (C=O) groups is 3. The van der Waals surface area contributed by atoms with E-state index < -0.39 is 0 Å². The summed E-state index contributed by atoms with van der Waals surface area (Å²) < 4.78 is 0. The summed E-state index contributed by atoms with van der Waals surface area (Å²) in [4.78, 5) is 34.6. The summed E-state index contributed by atoms with van der Waals surface area (Å²) in [6.45, 7) is 4.63. The molecule has 0 aliphatic rings. The Labute approximate surface area is 126 Å². The van der Waals surface area contributed by atoms with Crippen LogP contribution in [0.15, 0.2) is 0 Å². The van der Waals surface area contributed by atoms with Gasteiger partial charge in [0.2, 0.25) is 17.7 Å². The summed E-state index contributed by atoms with van der Waals surface area (Å²) in [5, 5.41) is 3.85. The zero-order valence-corrected chi connectivity index (χ0v) is 12.9. The zero-order valence-electron chi connectivity index (χ0n) is 12.1. The van der Waals surface area contributed by atoms with Crippen molar-refractivity contribution < 1.29 is 14.4 Å². The van der Waals surface area contributed by atoms with E-state index in [0.717, 1.165) is 0 Å². The Balaban J connectivity index is 0. The van der Waals surface area contributed by atoms with Gasteiger partial charge in [0.15, 0.2) is 0 Å². The maximum atomic E-state index is 11.8. The number of nitrogens with one attached hydrogen (secondary N) is 2. The van der Waals surface area contributed by atoms with Crippen molar-refractivity contribution in [2.75, 3.05) is 19.6 Å². The number of hydrogen-bond acceptors (Lipinski definition) is 4. The lowest BCUT2D eigenvalue weighted by Crippen LogP contribution is -2.48. The number of amides is 3. The Morgan fingerprint density at radius 1 is 1.05 bits per heavy atom. The molecule has 0 heterocycles. The van der Waals surface area contributed by atoms with Gasteiger partial charge in [-0.05, 0) is 13.3 Å². The molecule has 20 heavy (non-hydrogen) atoms. The van der Waals surface area contributed by atoms with Crippen LogP contribution in [0.2, 0.25) is 0 Å². The lowest BCUT2D eigenvalue weighted by Gasteiger charge is -2.23. The molecule has 0 saturated heterocycles. The topological polar surface area (TPSA) is 105 Å². The maximum absolute atomic E-state index is 11.8. The molecular formula is C12H25ClN4O3. The number of rotatable bonds is 8. The molecule has 0 rings (SSSR count). The van der Waals surface area contributed by atoms with E-state index in [9.17, 15) is 14.4 Å². The Morgan fingerprint density at radius 3 is 2.20 bits per heavy atom. The van der Waals surface area contributed by atoms with Crippen molar-refractivity contribution >= 4 is 30.1 Å². The molecule has 0 spiro atoms. The minimum absolute atomic E-state index is 0.